The molecule has 1 aromatic carbocycles. The summed E-state index contributed by atoms with van der Waals surface area (Å²) in [5, 5.41) is 22.2. The van der Waals surface area contributed by atoms with Crippen LogP contribution in [0.15, 0.2) is 52.2 Å². The molecule has 0 saturated carbocycles. The van der Waals surface area contributed by atoms with Crippen LogP contribution in [-0.2, 0) is 0 Å². The van der Waals surface area contributed by atoms with E-state index in [9.17, 15) is 10.1 Å². The maximum absolute atomic E-state index is 11.0. The lowest BCUT2D eigenvalue weighted by Crippen LogP contribution is -2.10. The van der Waals surface area contributed by atoms with Crippen LogP contribution < -0.4 is 11.3 Å². The van der Waals surface area contributed by atoms with Gasteiger partial charge in [-0.1, -0.05) is 12.1 Å². The Morgan fingerprint density at radius 1 is 1.35 bits per heavy atom. The zero-order chi connectivity index (χ0) is 16.2. The van der Waals surface area contributed by atoms with Crippen LogP contribution in [0.4, 0.5) is 11.6 Å². The highest BCUT2D eigenvalue weighted by atomic mass is 16.6. The van der Waals surface area contributed by atoms with Crippen LogP contribution in [0.25, 0.3) is 11.3 Å². The minimum absolute atomic E-state index is 0.0281. The van der Waals surface area contributed by atoms with Crippen molar-refractivity contribution in [2.75, 3.05) is 11.3 Å². The molecule has 0 aliphatic heterocycles. The summed E-state index contributed by atoms with van der Waals surface area (Å²) in [6, 6.07) is 9.61. The number of nitrogens with one attached hydrogen (secondary N) is 1. The number of furan rings is 1. The number of hydrogen-bond donors (Lipinski definition) is 2. The van der Waals surface area contributed by atoms with E-state index >= 15 is 0 Å². The van der Waals surface area contributed by atoms with Gasteiger partial charge in [0.15, 0.2) is 0 Å². The van der Waals surface area contributed by atoms with E-state index in [0.29, 0.717) is 17.1 Å². The molecule has 0 aliphatic rings. The van der Waals surface area contributed by atoms with Gasteiger partial charge < -0.3 is 10.3 Å². The van der Waals surface area contributed by atoms with Crippen molar-refractivity contribution in [2.45, 2.75) is 0 Å². The summed E-state index contributed by atoms with van der Waals surface area (Å²) in [7, 11) is 0. The third-order valence-electron chi connectivity index (χ3n) is 2.92. The van der Waals surface area contributed by atoms with E-state index in [4.69, 9.17) is 10.3 Å². The Kier molecular flexibility index (Phi) is 3.70. The molecule has 2 aromatic heterocycles. The molecular weight excluding hydrogens is 302 g/mol. The van der Waals surface area contributed by atoms with Crippen molar-refractivity contribution in [1.82, 2.24) is 14.9 Å². The van der Waals surface area contributed by atoms with Gasteiger partial charge in [-0.3, -0.25) is 10.1 Å². The largest absolute Gasteiger partial charge is 0.455 e. The fraction of sp³-hybridized carbons (Fsp3) is 0. The van der Waals surface area contributed by atoms with Gasteiger partial charge >= 0.3 is 0 Å². The van der Waals surface area contributed by atoms with Crippen LogP contribution in [0.5, 0.6) is 0 Å². The summed E-state index contributed by atoms with van der Waals surface area (Å²) in [6.07, 6.45) is 2.71. The Morgan fingerprint density at radius 3 is 2.91 bits per heavy atom. The lowest BCUT2D eigenvalue weighted by atomic mass is 10.1. The number of anilines is 1. The SMILES string of the molecule is Nn1cnnc1N/N=C\c1ccc(-c2ccccc2[N+](=O)[O-])o1. The second-order valence-electron chi connectivity index (χ2n) is 4.41. The fourth-order valence-electron chi connectivity index (χ4n) is 1.88. The molecule has 0 bridgehead atoms. The predicted molar refractivity (Wildman–Crippen MR) is 82.2 cm³/mol. The third-order valence-corrected chi connectivity index (χ3v) is 2.92. The molecule has 0 fully saturated rings. The highest BCUT2D eigenvalue weighted by molar-refractivity contribution is 5.79. The third kappa shape index (κ3) is 3.00. The first-order valence-corrected chi connectivity index (χ1v) is 6.43. The van der Waals surface area contributed by atoms with E-state index in [0.717, 1.165) is 4.68 Å². The lowest BCUT2D eigenvalue weighted by Gasteiger charge is -1.98. The Hall–Kier alpha value is -3.69. The molecule has 0 spiro atoms. The Bertz CT molecular complexity index is 868. The molecule has 3 N–H and O–H groups in total. The van der Waals surface area contributed by atoms with E-state index < -0.39 is 4.92 Å². The van der Waals surface area contributed by atoms with Crippen LogP contribution in [-0.4, -0.2) is 26.0 Å². The van der Waals surface area contributed by atoms with Crippen molar-refractivity contribution in [3.63, 3.8) is 0 Å². The summed E-state index contributed by atoms with van der Waals surface area (Å²) < 4.78 is 6.71. The van der Waals surface area contributed by atoms with Gasteiger partial charge in [0.05, 0.1) is 16.7 Å². The number of nitrogens with zero attached hydrogens (tertiary/aromatic N) is 5. The fourth-order valence-corrected chi connectivity index (χ4v) is 1.88. The van der Waals surface area contributed by atoms with Crippen LogP contribution in [0.1, 0.15) is 5.76 Å². The molecule has 2 heterocycles. The summed E-state index contributed by atoms with van der Waals surface area (Å²) in [5.74, 6) is 6.56. The summed E-state index contributed by atoms with van der Waals surface area (Å²) in [4.78, 5) is 10.6. The van der Waals surface area contributed by atoms with Gasteiger partial charge in [0.2, 0.25) is 0 Å². The molecule has 0 radical (unpaired) electrons. The van der Waals surface area contributed by atoms with Crippen LogP contribution in [0.2, 0.25) is 0 Å². The van der Waals surface area contributed by atoms with Crippen molar-refractivity contribution >= 4 is 17.9 Å². The second kappa shape index (κ2) is 5.97. The highest BCUT2D eigenvalue weighted by Crippen LogP contribution is 2.30. The molecule has 10 nitrogen and oxygen atoms in total. The number of aromatic nitrogens is 3. The molecule has 0 unspecified atom stereocenters. The number of hydrogen-bond acceptors (Lipinski definition) is 8. The molecule has 0 saturated heterocycles. The zero-order valence-electron chi connectivity index (χ0n) is 11.7. The maximum Gasteiger partial charge on any atom is 0.280 e. The van der Waals surface area contributed by atoms with E-state index in [-0.39, 0.29) is 11.6 Å². The molecule has 0 aliphatic carbocycles. The van der Waals surface area contributed by atoms with E-state index in [2.05, 4.69) is 20.7 Å². The first-order valence-electron chi connectivity index (χ1n) is 6.43. The van der Waals surface area contributed by atoms with Crippen molar-refractivity contribution in [2.24, 2.45) is 5.10 Å². The molecule has 3 aromatic rings. The number of nitrogens with two attached hydrogens (primary N) is 1. The molecule has 23 heavy (non-hydrogen) atoms. The van der Waals surface area contributed by atoms with Crippen molar-refractivity contribution in [3.8, 4) is 11.3 Å². The Labute approximate surface area is 129 Å². The van der Waals surface area contributed by atoms with Crippen molar-refractivity contribution in [1.29, 1.82) is 0 Å². The molecular formula is C13H11N7O3. The molecule has 0 atom stereocenters. The molecule has 3 rings (SSSR count). The van der Waals surface area contributed by atoms with Gasteiger partial charge in [0.1, 0.15) is 17.8 Å². The minimum Gasteiger partial charge on any atom is -0.455 e. The second-order valence-corrected chi connectivity index (χ2v) is 4.41. The monoisotopic (exact) mass is 313 g/mol. The summed E-state index contributed by atoms with van der Waals surface area (Å²) >= 11 is 0. The summed E-state index contributed by atoms with van der Waals surface area (Å²) in [5.41, 5.74) is 2.95. The Morgan fingerprint density at radius 2 is 2.17 bits per heavy atom. The van der Waals surface area contributed by atoms with Crippen LogP contribution >= 0.6 is 0 Å². The van der Waals surface area contributed by atoms with Crippen LogP contribution in [0.3, 0.4) is 0 Å². The Balaban J connectivity index is 1.79. The van der Waals surface area contributed by atoms with E-state index in [1.165, 1.54) is 18.6 Å². The minimum atomic E-state index is -0.457. The number of nitro groups is 1. The first kappa shape index (κ1) is 14.3. The van der Waals surface area contributed by atoms with Gasteiger partial charge in [-0.25, -0.2) is 10.1 Å². The number of rotatable bonds is 5. The number of para-hydroxylation sites is 1. The van der Waals surface area contributed by atoms with Crippen molar-refractivity contribution < 1.29 is 9.34 Å². The maximum atomic E-state index is 11.0. The zero-order valence-corrected chi connectivity index (χ0v) is 11.7. The van der Waals surface area contributed by atoms with E-state index in [1.807, 2.05) is 0 Å². The molecule has 116 valence electrons. The van der Waals surface area contributed by atoms with E-state index in [1.54, 1.807) is 30.3 Å². The number of benzene rings is 1. The normalized spacial score (nSPS) is 11.0. The standard InChI is InChI=1S/C13H11N7O3/c14-19-8-16-18-13(19)17-15-7-9-5-6-12(23-9)10-3-1-2-4-11(10)20(21)22/h1-8H,14H2,(H,17,18)/b15-7-. The number of nitro benzene ring substituents is 1. The van der Waals surface area contributed by atoms with Crippen LogP contribution in [0, 0.1) is 10.1 Å². The van der Waals surface area contributed by atoms with Gasteiger partial charge in [-0.2, -0.15) is 5.10 Å². The molecule has 0 amide bonds. The average molecular weight is 313 g/mol. The smallest absolute Gasteiger partial charge is 0.280 e. The predicted octanol–water partition coefficient (Wildman–Crippen LogP) is 1.61. The lowest BCUT2D eigenvalue weighted by molar-refractivity contribution is -0.384. The quantitative estimate of drug-likeness (QED) is 0.316. The first-order chi connectivity index (χ1) is 11.1. The van der Waals surface area contributed by atoms with Gasteiger partial charge in [0.25, 0.3) is 11.6 Å². The van der Waals surface area contributed by atoms with Gasteiger partial charge in [-0.15, -0.1) is 10.2 Å². The average Bonchev–Trinajstić information content (AvgIpc) is 3.17. The van der Waals surface area contributed by atoms with Gasteiger partial charge in [0, 0.05) is 6.07 Å². The van der Waals surface area contributed by atoms with Gasteiger partial charge in [-0.05, 0) is 18.2 Å². The summed E-state index contributed by atoms with van der Waals surface area (Å²) in [6.45, 7) is 0. The molecule has 10 heteroatoms. The topological polar surface area (TPSA) is 137 Å². The number of hydrazone groups is 1. The van der Waals surface area contributed by atoms with Crippen molar-refractivity contribution in [3.05, 3.63) is 58.6 Å². The number of nitrogen functional groups attached to an aromatic ring is 1. The highest BCUT2D eigenvalue weighted by Gasteiger charge is 2.16.